The second-order valence-electron chi connectivity index (χ2n) is 3.79. The summed E-state index contributed by atoms with van der Waals surface area (Å²) < 4.78 is 0. The maximum Gasteiger partial charge on any atom is 0.270 e. The Labute approximate surface area is 97.9 Å². The minimum atomic E-state index is -0.193. The maximum atomic E-state index is 11.9. The summed E-state index contributed by atoms with van der Waals surface area (Å²) in [5.74, 6) is 0.359. The Bertz CT molecular complexity index is 451. The molecule has 7 heteroatoms. The molecule has 1 aromatic heterocycles. The molecule has 0 atom stereocenters. The number of nitrogens with zero attached hydrogens (tertiary/aromatic N) is 3. The van der Waals surface area contributed by atoms with E-state index in [2.05, 4.69) is 20.5 Å². The number of aromatic nitrogens is 2. The van der Waals surface area contributed by atoms with Gasteiger partial charge in [0.2, 0.25) is 5.91 Å². The van der Waals surface area contributed by atoms with Gasteiger partial charge >= 0.3 is 0 Å². The standard InChI is InChI=1S/C10H13N5O2/c1-15(6-8-11-4-5-12-8)10(17)7-2-3-9(16)14-13-7/h4-5H,2-3,6H2,1H3,(H,11,12)(H,14,16). The van der Waals surface area contributed by atoms with Gasteiger partial charge in [-0.05, 0) is 0 Å². The van der Waals surface area contributed by atoms with E-state index in [1.54, 1.807) is 19.4 Å². The maximum absolute atomic E-state index is 11.9. The Morgan fingerprint density at radius 3 is 2.94 bits per heavy atom. The number of carbonyl (C=O) groups excluding carboxylic acids is 2. The first kappa shape index (κ1) is 11.3. The van der Waals surface area contributed by atoms with E-state index in [0.717, 1.165) is 0 Å². The van der Waals surface area contributed by atoms with Gasteiger partial charge in [-0.1, -0.05) is 0 Å². The van der Waals surface area contributed by atoms with Crippen LogP contribution < -0.4 is 5.43 Å². The molecule has 0 radical (unpaired) electrons. The fourth-order valence-corrected chi connectivity index (χ4v) is 1.53. The highest BCUT2D eigenvalue weighted by Gasteiger charge is 2.21. The number of amides is 2. The van der Waals surface area contributed by atoms with Gasteiger partial charge in [-0.25, -0.2) is 10.4 Å². The number of rotatable bonds is 3. The third-order valence-corrected chi connectivity index (χ3v) is 2.44. The second-order valence-corrected chi connectivity index (χ2v) is 3.79. The van der Waals surface area contributed by atoms with Crippen LogP contribution in [0, 0.1) is 0 Å². The van der Waals surface area contributed by atoms with Crippen molar-refractivity contribution >= 4 is 17.5 Å². The molecule has 2 N–H and O–H groups in total. The smallest absolute Gasteiger partial charge is 0.270 e. The van der Waals surface area contributed by atoms with Crippen molar-refractivity contribution in [3.8, 4) is 0 Å². The van der Waals surface area contributed by atoms with E-state index in [1.165, 1.54) is 4.90 Å². The molecule has 0 saturated carbocycles. The van der Waals surface area contributed by atoms with Crippen LogP contribution in [0.3, 0.4) is 0 Å². The first-order chi connectivity index (χ1) is 8.16. The topological polar surface area (TPSA) is 90.4 Å². The predicted molar refractivity (Wildman–Crippen MR) is 59.9 cm³/mol. The molecule has 0 saturated heterocycles. The van der Waals surface area contributed by atoms with Crippen LogP contribution in [-0.2, 0) is 16.1 Å². The van der Waals surface area contributed by atoms with Crippen molar-refractivity contribution in [2.24, 2.45) is 5.10 Å². The van der Waals surface area contributed by atoms with E-state index in [-0.39, 0.29) is 11.8 Å². The van der Waals surface area contributed by atoms with Crippen LogP contribution in [0.1, 0.15) is 18.7 Å². The lowest BCUT2D eigenvalue weighted by Crippen LogP contribution is -2.37. The molecule has 2 heterocycles. The number of hydrogen-bond donors (Lipinski definition) is 2. The van der Waals surface area contributed by atoms with Gasteiger partial charge in [-0.2, -0.15) is 5.10 Å². The fourth-order valence-electron chi connectivity index (χ4n) is 1.53. The second kappa shape index (κ2) is 4.77. The summed E-state index contributed by atoms with van der Waals surface area (Å²) in [4.78, 5) is 31.3. The monoisotopic (exact) mass is 235 g/mol. The van der Waals surface area contributed by atoms with E-state index in [9.17, 15) is 9.59 Å². The van der Waals surface area contributed by atoms with Crippen LogP contribution in [-0.4, -0.2) is 39.4 Å². The lowest BCUT2D eigenvalue weighted by molar-refractivity contribution is -0.124. The SMILES string of the molecule is CN(Cc1ncc[nH]1)C(=O)C1=NNC(=O)CC1. The molecule has 0 fully saturated rings. The van der Waals surface area contributed by atoms with Gasteiger partial charge < -0.3 is 9.88 Å². The molecule has 2 amide bonds. The molecule has 1 aliphatic rings. The Morgan fingerprint density at radius 1 is 1.53 bits per heavy atom. The molecule has 0 bridgehead atoms. The van der Waals surface area contributed by atoms with E-state index < -0.39 is 0 Å². The van der Waals surface area contributed by atoms with Crippen LogP contribution in [0.5, 0.6) is 0 Å². The Hall–Kier alpha value is -2.18. The van der Waals surface area contributed by atoms with E-state index in [4.69, 9.17) is 0 Å². The molecule has 1 aliphatic heterocycles. The molecule has 17 heavy (non-hydrogen) atoms. The van der Waals surface area contributed by atoms with Gasteiger partial charge in [0.05, 0.1) is 6.54 Å². The Morgan fingerprint density at radius 2 is 2.35 bits per heavy atom. The van der Waals surface area contributed by atoms with Gasteiger partial charge in [0.1, 0.15) is 11.5 Å². The number of hydrogen-bond acceptors (Lipinski definition) is 4. The average molecular weight is 235 g/mol. The first-order valence-corrected chi connectivity index (χ1v) is 5.26. The van der Waals surface area contributed by atoms with Crippen molar-refractivity contribution in [3.63, 3.8) is 0 Å². The van der Waals surface area contributed by atoms with Crippen LogP contribution in [0.2, 0.25) is 0 Å². The van der Waals surface area contributed by atoms with Crippen molar-refractivity contribution in [1.82, 2.24) is 20.3 Å². The van der Waals surface area contributed by atoms with Gasteiger partial charge in [-0.3, -0.25) is 9.59 Å². The van der Waals surface area contributed by atoms with Crippen LogP contribution in [0.25, 0.3) is 0 Å². The molecule has 90 valence electrons. The van der Waals surface area contributed by atoms with Crippen molar-refractivity contribution < 1.29 is 9.59 Å². The van der Waals surface area contributed by atoms with Gasteiger partial charge in [0.25, 0.3) is 5.91 Å². The number of carbonyl (C=O) groups is 2. The third kappa shape index (κ3) is 2.68. The summed E-state index contributed by atoms with van der Waals surface area (Å²) in [5, 5.41) is 3.76. The molecular weight excluding hydrogens is 222 g/mol. The molecule has 0 aliphatic carbocycles. The molecule has 2 rings (SSSR count). The largest absolute Gasteiger partial charge is 0.347 e. The van der Waals surface area contributed by atoms with Crippen LogP contribution in [0.15, 0.2) is 17.5 Å². The average Bonchev–Trinajstić information content (AvgIpc) is 2.82. The predicted octanol–water partition coefficient (Wildman–Crippen LogP) is -0.366. The quantitative estimate of drug-likeness (QED) is 0.749. The van der Waals surface area contributed by atoms with Gasteiger partial charge in [0.15, 0.2) is 0 Å². The van der Waals surface area contributed by atoms with Crippen LogP contribution in [0.4, 0.5) is 0 Å². The molecule has 0 unspecified atom stereocenters. The highest BCUT2D eigenvalue weighted by molar-refractivity contribution is 6.39. The minimum Gasteiger partial charge on any atom is -0.347 e. The zero-order valence-electron chi connectivity index (χ0n) is 9.43. The van der Waals surface area contributed by atoms with Crippen molar-refractivity contribution in [1.29, 1.82) is 0 Å². The molecule has 1 aromatic rings. The first-order valence-electron chi connectivity index (χ1n) is 5.26. The molecule has 0 aromatic carbocycles. The summed E-state index contributed by atoms with van der Waals surface area (Å²) in [7, 11) is 1.67. The highest BCUT2D eigenvalue weighted by atomic mass is 16.2. The van der Waals surface area contributed by atoms with E-state index in [1.807, 2.05) is 0 Å². The lowest BCUT2D eigenvalue weighted by atomic mass is 10.1. The normalized spacial score (nSPS) is 15.1. The number of hydrazone groups is 1. The number of nitrogens with one attached hydrogen (secondary N) is 2. The lowest BCUT2D eigenvalue weighted by Gasteiger charge is -2.18. The number of aromatic amines is 1. The van der Waals surface area contributed by atoms with Gasteiger partial charge in [-0.15, -0.1) is 0 Å². The Balaban J connectivity index is 1.97. The number of H-pyrrole nitrogens is 1. The van der Waals surface area contributed by atoms with Gasteiger partial charge in [0, 0.05) is 32.3 Å². The van der Waals surface area contributed by atoms with Crippen molar-refractivity contribution in [2.75, 3.05) is 7.05 Å². The number of imidazole rings is 1. The molecule has 0 spiro atoms. The zero-order valence-corrected chi connectivity index (χ0v) is 9.43. The minimum absolute atomic E-state index is 0.157. The highest BCUT2D eigenvalue weighted by Crippen LogP contribution is 2.04. The summed E-state index contributed by atoms with van der Waals surface area (Å²) in [6.45, 7) is 0.388. The van der Waals surface area contributed by atoms with E-state index >= 15 is 0 Å². The molecule has 7 nitrogen and oxygen atoms in total. The van der Waals surface area contributed by atoms with Crippen molar-refractivity contribution in [3.05, 3.63) is 18.2 Å². The van der Waals surface area contributed by atoms with Crippen LogP contribution >= 0.6 is 0 Å². The van der Waals surface area contributed by atoms with E-state index in [0.29, 0.717) is 30.9 Å². The summed E-state index contributed by atoms with van der Waals surface area (Å²) in [6, 6.07) is 0. The summed E-state index contributed by atoms with van der Waals surface area (Å²) in [5.41, 5.74) is 2.68. The zero-order chi connectivity index (χ0) is 12.3. The summed E-state index contributed by atoms with van der Waals surface area (Å²) in [6.07, 6.45) is 4.02. The molecular formula is C10H13N5O2. The third-order valence-electron chi connectivity index (χ3n) is 2.44. The van der Waals surface area contributed by atoms with Crippen molar-refractivity contribution in [2.45, 2.75) is 19.4 Å². The Kier molecular flexibility index (Phi) is 3.17. The summed E-state index contributed by atoms with van der Waals surface area (Å²) >= 11 is 0. The fraction of sp³-hybridized carbons (Fsp3) is 0.400.